The minimum Gasteiger partial charge on any atom is -0.496 e. The third-order valence-corrected chi connectivity index (χ3v) is 6.62. The zero-order valence-corrected chi connectivity index (χ0v) is 20.7. The third kappa shape index (κ3) is 5.04. The molecule has 7 nitrogen and oxygen atoms in total. The van der Waals surface area contributed by atoms with Gasteiger partial charge in [-0.15, -0.1) is 0 Å². The highest BCUT2D eigenvalue weighted by atomic mass is 16.5. The monoisotopic (exact) mass is 476 g/mol. The number of carbonyl (C=O) groups is 2. The van der Waals surface area contributed by atoms with Crippen LogP contribution < -0.4 is 14.8 Å². The van der Waals surface area contributed by atoms with Crippen molar-refractivity contribution in [2.24, 2.45) is 0 Å². The Kier molecular flexibility index (Phi) is 7.44. The number of benzene rings is 2. The number of aromatic nitrogens is 1. The van der Waals surface area contributed by atoms with E-state index in [0.29, 0.717) is 42.9 Å². The molecule has 0 aliphatic carbocycles. The van der Waals surface area contributed by atoms with Gasteiger partial charge < -0.3 is 24.5 Å². The van der Waals surface area contributed by atoms with Gasteiger partial charge in [-0.1, -0.05) is 29.8 Å². The van der Waals surface area contributed by atoms with Crippen LogP contribution in [0.5, 0.6) is 11.5 Å². The van der Waals surface area contributed by atoms with E-state index in [1.54, 1.807) is 14.2 Å². The lowest BCUT2D eigenvalue weighted by atomic mass is 9.94. The topological polar surface area (TPSA) is 89.7 Å². The molecule has 0 radical (unpaired) electrons. The predicted molar refractivity (Wildman–Crippen MR) is 135 cm³/mol. The van der Waals surface area contributed by atoms with Gasteiger partial charge in [0, 0.05) is 41.2 Å². The third-order valence-electron chi connectivity index (χ3n) is 6.62. The Morgan fingerprint density at radius 3 is 2.71 bits per heavy atom. The van der Waals surface area contributed by atoms with E-state index in [4.69, 9.17) is 14.2 Å². The van der Waals surface area contributed by atoms with E-state index in [1.807, 2.05) is 38.2 Å². The van der Waals surface area contributed by atoms with E-state index in [2.05, 4.69) is 22.4 Å². The molecule has 0 atom stereocenters. The number of aromatic amines is 1. The van der Waals surface area contributed by atoms with Crippen molar-refractivity contribution in [3.63, 3.8) is 0 Å². The molecule has 0 saturated heterocycles. The number of hydrogen-bond donors (Lipinski definition) is 2. The van der Waals surface area contributed by atoms with E-state index in [9.17, 15) is 9.59 Å². The number of H-pyrrole nitrogens is 1. The molecule has 2 heterocycles. The molecule has 0 spiro atoms. The molecule has 1 aliphatic heterocycles. The van der Waals surface area contributed by atoms with E-state index in [0.717, 1.165) is 34.2 Å². The van der Waals surface area contributed by atoms with Crippen LogP contribution in [0.2, 0.25) is 0 Å². The highest BCUT2D eigenvalue weighted by Gasteiger charge is 2.32. The summed E-state index contributed by atoms with van der Waals surface area (Å²) in [5.74, 6) is 0.875. The first-order valence-corrected chi connectivity index (χ1v) is 11.8. The van der Waals surface area contributed by atoms with E-state index in [-0.39, 0.29) is 18.5 Å². The number of esters is 1. The molecule has 1 amide bonds. The summed E-state index contributed by atoms with van der Waals surface area (Å²) in [4.78, 5) is 27.9. The molecular weight excluding hydrogens is 444 g/mol. The van der Waals surface area contributed by atoms with Gasteiger partial charge in [0.2, 0.25) is 5.91 Å². The van der Waals surface area contributed by atoms with Gasteiger partial charge in [-0.3, -0.25) is 4.79 Å². The number of cyclic esters (lactones) is 1. The standard InChI is InChI=1S/C28H32N2O5/c1-17(10-12-24(31)29-14-13-19-15-30-23-8-6-5-7-20(19)23)9-11-21-26(33-3)18(2)22-16-35-28(32)25(22)27(21)34-4/h5-9,15,30H,10-14,16H2,1-4H3,(H,29,31). The molecule has 2 aromatic carbocycles. The average Bonchev–Trinajstić information content (AvgIpc) is 3.45. The summed E-state index contributed by atoms with van der Waals surface area (Å²) in [5.41, 5.74) is 6.41. The molecule has 35 heavy (non-hydrogen) atoms. The predicted octanol–water partition coefficient (Wildman–Crippen LogP) is 4.79. The molecule has 0 fully saturated rings. The van der Waals surface area contributed by atoms with Crippen LogP contribution in [0.25, 0.3) is 10.9 Å². The summed E-state index contributed by atoms with van der Waals surface area (Å²) in [6.07, 6.45) is 6.44. The molecule has 1 aliphatic rings. The maximum absolute atomic E-state index is 12.4. The van der Waals surface area contributed by atoms with Crippen LogP contribution in [-0.2, 0) is 29.0 Å². The van der Waals surface area contributed by atoms with Gasteiger partial charge in [0.25, 0.3) is 0 Å². The fourth-order valence-electron chi connectivity index (χ4n) is 4.69. The minimum absolute atomic E-state index is 0.0314. The number of fused-ring (bicyclic) bond motifs is 2. The molecule has 2 N–H and O–H groups in total. The quantitative estimate of drug-likeness (QED) is 0.324. The maximum Gasteiger partial charge on any atom is 0.342 e. The van der Waals surface area contributed by atoms with Gasteiger partial charge in [0.1, 0.15) is 23.7 Å². The minimum atomic E-state index is -0.367. The van der Waals surface area contributed by atoms with Crippen LogP contribution in [0.3, 0.4) is 0 Å². The van der Waals surface area contributed by atoms with Gasteiger partial charge in [0.15, 0.2) is 0 Å². The summed E-state index contributed by atoms with van der Waals surface area (Å²) in [6, 6.07) is 8.17. The lowest BCUT2D eigenvalue weighted by Gasteiger charge is -2.18. The molecule has 0 bridgehead atoms. The first-order chi connectivity index (χ1) is 16.9. The van der Waals surface area contributed by atoms with E-state index >= 15 is 0 Å². The second kappa shape index (κ2) is 10.7. The van der Waals surface area contributed by atoms with Crippen molar-refractivity contribution in [3.8, 4) is 11.5 Å². The van der Waals surface area contributed by atoms with Crippen LogP contribution >= 0.6 is 0 Å². The van der Waals surface area contributed by atoms with E-state index < -0.39 is 0 Å². The molecule has 3 aromatic rings. The molecule has 184 valence electrons. The van der Waals surface area contributed by atoms with Gasteiger partial charge in [-0.25, -0.2) is 4.79 Å². The molecule has 4 rings (SSSR count). The SMILES string of the molecule is COc1c(C)c2c(c(OC)c1CC=C(C)CCC(=O)NCCc1c[nH]c3ccccc13)C(=O)OC2. The van der Waals surface area contributed by atoms with Crippen LogP contribution in [0.1, 0.15) is 52.4 Å². The lowest BCUT2D eigenvalue weighted by Crippen LogP contribution is -2.25. The van der Waals surface area contributed by atoms with Crippen molar-refractivity contribution < 1.29 is 23.8 Å². The second-order valence-corrected chi connectivity index (χ2v) is 8.81. The molecule has 0 saturated carbocycles. The molecule has 7 heteroatoms. The van der Waals surface area contributed by atoms with Crippen molar-refractivity contribution >= 4 is 22.8 Å². The van der Waals surface area contributed by atoms with Crippen LogP contribution in [0.4, 0.5) is 0 Å². The number of methoxy groups -OCH3 is 2. The normalized spacial score (nSPS) is 13.0. The van der Waals surface area contributed by atoms with Crippen molar-refractivity contribution in [1.29, 1.82) is 0 Å². The average molecular weight is 477 g/mol. The van der Waals surface area contributed by atoms with Gasteiger partial charge in [-0.2, -0.15) is 0 Å². The Morgan fingerprint density at radius 2 is 1.94 bits per heavy atom. The van der Waals surface area contributed by atoms with Gasteiger partial charge in [-0.05, 0) is 50.3 Å². The number of rotatable bonds is 10. The van der Waals surface area contributed by atoms with Crippen molar-refractivity contribution in [2.45, 2.75) is 46.1 Å². The highest BCUT2D eigenvalue weighted by Crippen LogP contribution is 2.42. The Labute approximate surface area is 205 Å². The van der Waals surface area contributed by atoms with Crippen LogP contribution in [0.15, 0.2) is 42.1 Å². The van der Waals surface area contributed by atoms with Gasteiger partial charge >= 0.3 is 5.97 Å². The zero-order valence-electron chi connectivity index (χ0n) is 20.7. The van der Waals surface area contributed by atoms with Crippen molar-refractivity contribution in [2.75, 3.05) is 20.8 Å². The molecule has 0 unspecified atom stereocenters. The Morgan fingerprint density at radius 1 is 1.17 bits per heavy atom. The lowest BCUT2D eigenvalue weighted by molar-refractivity contribution is -0.121. The summed E-state index contributed by atoms with van der Waals surface area (Å²) >= 11 is 0. The fourth-order valence-corrected chi connectivity index (χ4v) is 4.69. The number of nitrogens with one attached hydrogen (secondary N) is 2. The first kappa shape index (κ1) is 24.4. The number of carbonyl (C=O) groups excluding carboxylic acids is 2. The van der Waals surface area contributed by atoms with Crippen molar-refractivity contribution in [3.05, 3.63) is 69.9 Å². The largest absolute Gasteiger partial charge is 0.496 e. The smallest absolute Gasteiger partial charge is 0.342 e. The Hall–Kier alpha value is -3.74. The number of allylic oxidation sites excluding steroid dienone is 2. The second-order valence-electron chi connectivity index (χ2n) is 8.81. The van der Waals surface area contributed by atoms with Crippen LogP contribution in [-0.4, -0.2) is 37.6 Å². The summed E-state index contributed by atoms with van der Waals surface area (Å²) < 4.78 is 16.5. The van der Waals surface area contributed by atoms with E-state index in [1.165, 1.54) is 10.9 Å². The summed E-state index contributed by atoms with van der Waals surface area (Å²) in [7, 11) is 3.17. The maximum atomic E-state index is 12.4. The Balaban J connectivity index is 1.34. The molecule has 1 aromatic heterocycles. The number of hydrogen-bond acceptors (Lipinski definition) is 5. The number of ether oxygens (including phenoxy) is 3. The fraction of sp³-hybridized carbons (Fsp3) is 0.357. The number of para-hydroxylation sites is 1. The Bertz CT molecular complexity index is 1290. The summed E-state index contributed by atoms with van der Waals surface area (Å²) in [6.45, 7) is 4.77. The van der Waals surface area contributed by atoms with Crippen molar-refractivity contribution in [1.82, 2.24) is 10.3 Å². The zero-order chi connectivity index (χ0) is 24.9. The molecular formula is C28H32N2O5. The summed E-state index contributed by atoms with van der Waals surface area (Å²) in [5, 5.41) is 4.22. The first-order valence-electron chi connectivity index (χ1n) is 11.8. The number of amides is 1. The highest BCUT2D eigenvalue weighted by molar-refractivity contribution is 5.98. The van der Waals surface area contributed by atoms with Crippen LogP contribution in [0, 0.1) is 6.92 Å². The van der Waals surface area contributed by atoms with Gasteiger partial charge in [0.05, 0.1) is 14.2 Å².